The van der Waals surface area contributed by atoms with E-state index in [1.165, 1.54) is 32.4 Å². The molecule has 474 valence electrons. The lowest BCUT2D eigenvalue weighted by Crippen LogP contribution is -2.31. The number of hydrazone groups is 4. The highest BCUT2D eigenvalue weighted by molar-refractivity contribution is 8.13. The lowest BCUT2D eigenvalue weighted by atomic mass is 9.91. The van der Waals surface area contributed by atoms with E-state index in [9.17, 15) is 0 Å². The van der Waals surface area contributed by atoms with Crippen LogP contribution in [0.1, 0.15) is 82.0 Å². The molecule has 0 aliphatic carbocycles. The molecule has 4 atom stereocenters. The molecule has 14 N–H and O–H groups in total. The van der Waals surface area contributed by atoms with E-state index in [0.29, 0.717) is 47.2 Å². The Labute approximate surface area is 561 Å². The van der Waals surface area contributed by atoms with Crippen LogP contribution in [0.3, 0.4) is 0 Å². The second kappa shape index (κ2) is 35.2. The molecule has 0 amide bonds. The van der Waals surface area contributed by atoms with Crippen LogP contribution in [0.4, 0.5) is 0 Å². The van der Waals surface area contributed by atoms with Gasteiger partial charge in [0.2, 0.25) is 17.9 Å². The van der Waals surface area contributed by atoms with E-state index >= 15 is 0 Å². The molecule has 12 rings (SSSR count). The minimum Gasteiger partial charge on any atom is -0.482 e. The third kappa shape index (κ3) is 20.5. The third-order valence-electron chi connectivity index (χ3n) is 14.3. The molecule has 4 heterocycles. The van der Waals surface area contributed by atoms with E-state index < -0.39 is 0 Å². The first-order chi connectivity index (χ1) is 44.3. The van der Waals surface area contributed by atoms with Crippen molar-refractivity contribution in [2.45, 2.75) is 37.5 Å². The van der Waals surface area contributed by atoms with Gasteiger partial charge in [-0.1, -0.05) is 228 Å². The Morgan fingerprint density at radius 3 is 0.902 bits per heavy atom. The molecule has 2 unspecified atom stereocenters. The number of rotatable bonds is 9. The van der Waals surface area contributed by atoms with Crippen molar-refractivity contribution in [1.82, 2.24) is 20.5 Å². The van der Waals surface area contributed by atoms with E-state index in [0.717, 1.165) is 73.4 Å². The average molecular weight is 1330 g/mol. The van der Waals surface area contributed by atoms with Gasteiger partial charge in [-0.05, 0) is 106 Å². The van der Waals surface area contributed by atoms with Crippen LogP contribution >= 0.6 is 58.2 Å². The molecule has 0 fully saturated rings. The summed E-state index contributed by atoms with van der Waals surface area (Å²) in [4.78, 5) is 0. The fraction of sp³-hybridized carbons (Fsp3) is 0.174. The van der Waals surface area contributed by atoms with Crippen molar-refractivity contribution in [3.8, 4) is 0 Å². The number of thioether (sulfide) groups is 1. The monoisotopic (exact) mass is 1330 g/mol. The smallest absolute Gasteiger partial charge is 0.209 e. The van der Waals surface area contributed by atoms with Crippen LogP contribution in [0.25, 0.3) is 0 Å². The number of guanidine groups is 3. The summed E-state index contributed by atoms with van der Waals surface area (Å²) in [5, 5.41) is 61.5. The summed E-state index contributed by atoms with van der Waals surface area (Å²) < 4.78 is 4.62. The third-order valence-corrected chi connectivity index (χ3v) is 15.8. The van der Waals surface area contributed by atoms with E-state index in [4.69, 9.17) is 96.4 Å². The molecular formula is C69H73Cl4N17OS. The molecule has 8 aromatic carbocycles. The Morgan fingerprint density at radius 1 is 0.435 bits per heavy atom. The second-order valence-electron chi connectivity index (χ2n) is 20.7. The fourth-order valence-corrected chi connectivity index (χ4v) is 10.4. The minimum absolute atomic E-state index is 0.0418. The minimum atomic E-state index is -0.0418. The first kappa shape index (κ1) is 70.0. The number of ether oxygens (including phenoxy) is 1. The van der Waals surface area contributed by atoms with Crippen LogP contribution in [-0.4, -0.2) is 106 Å². The lowest BCUT2D eigenvalue weighted by Gasteiger charge is -2.14. The van der Waals surface area contributed by atoms with Crippen molar-refractivity contribution in [2.24, 2.45) is 43.3 Å². The quantitative estimate of drug-likeness (QED) is 0.0481. The number of nitrogens with two attached hydrogens (primary N) is 4. The molecule has 8 aromatic rings. The van der Waals surface area contributed by atoms with Crippen LogP contribution in [0.2, 0.25) is 20.1 Å². The SMILES string of the molecule is CCOC(C)=N.CSC(=N)N.Clc1ccc(C2=NNCC2c2ccccc2)cc1.N=C(N)N1CC(c2ccccc2)C(c2ccc(Cl)cc2)=N1.N=C(N)N1C[C@H](c2ccccc2)C(c2ccc(Cl)cc2)=N1.N=C(N)N1C[C@H](c2ccccc2)C(c2ccc(Cl)cc2)=N1. The fourth-order valence-electron chi connectivity index (χ4n) is 9.90. The second-order valence-corrected chi connectivity index (χ2v) is 23.2. The molecule has 18 nitrogen and oxygen atoms in total. The van der Waals surface area contributed by atoms with Crippen molar-refractivity contribution in [1.29, 1.82) is 27.0 Å². The highest BCUT2D eigenvalue weighted by atomic mass is 35.5. The van der Waals surface area contributed by atoms with Gasteiger partial charge in [0, 0.05) is 57.2 Å². The molecule has 0 bridgehead atoms. The molecule has 0 aromatic heterocycles. The van der Waals surface area contributed by atoms with E-state index in [1.54, 1.807) is 13.2 Å². The van der Waals surface area contributed by atoms with Crippen LogP contribution in [0.5, 0.6) is 0 Å². The predicted octanol–water partition coefficient (Wildman–Crippen LogP) is 13.8. The summed E-state index contributed by atoms with van der Waals surface area (Å²) in [5.41, 5.74) is 37.4. The van der Waals surface area contributed by atoms with Crippen molar-refractivity contribution < 1.29 is 4.74 Å². The van der Waals surface area contributed by atoms with Gasteiger partial charge < -0.3 is 33.1 Å². The Bertz CT molecular complexity index is 3560. The first-order valence-corrected chi connectivity index (χ1v) is 31.8. The van der Waals surface area contributed by atoms with Gasteiger partial charge >= 0.3 is 0 Å². The maximum absolute atomic E-state index is 7.61. The average Bonchev–Trinajstić information content (AvgIpc) is 1.77. The van der Waals surface area contributed by atoms with Gasteiger partial charge in [0.25, 0.3) is 0 Å². The molecule has 4 aliphatic rings. The van der Waals surface area contributed by atoms with Gasteiger partial charge in [-0.2, -0.15) is 20.4 Å². The zero-order chi connectivity index (χ0) is 66.1. The predicted molar refractivity (Wildman–Crippen MR) is 383 cm³/mol. The summed E-state index contributed by atoms with van der Waals surface area (Å²) in [6.45, 7) is 6.67. The number of halogens is 4. The van der Waals surface area contributed by atoms with Crippen molar-refractivity contribution >= 4 is 110 Å². The molecular weight excluding hydrogens is 1260 g/mol. The Hall–Kier alpha value is -9.50. The molecule has 0 saturated carbocycles. The molecule has 4 aliphatic heterocycles. The van der Waals surface area contributed by atoms with Gasteiger partial charge in [0.05, 0.1) is 49.1 Å². The Kier molecular flexibility index (Phi) is 26.8. The zero-order valence-electron chi connectivity index (χ0n) is 50.9. The number of benzene rings is 8. The summed E-state index contributed by atoms with van der Waals surface area (Å²) in [6, 6.07) is 71.4. The standard InChI is InChI=1S/3C16H15ClN4.C15H13ClN2.C4H9NO.C2H6N2S/c3*17-13-8-6-12(7-9-13)15-14(10-21(20-15)16(18)19)11-4-2-1-3-5-11;16-13-8-6-12(7-9-13)15-14(10-17-18-15)11-4-2-1-3-5-11;1-3-6-4(2)5;1-5-2(3)4/h3*1-9,14H,10H2,(H3,18,19);1-9,14,17H,10H2;5H,3H2,1-2H3;1H3,(H3,3,4)/t2*14-;;;;/m11..../s1. The highest BCUT2D eigenvalue weighted by Crippen LogP contribution is 2.33. The van der Waals surface area contributed by atoms with Crippen molar-refractivity contribution in [3.63, 3.8) is 0 Å². The number of hydrogen-bond acceptors (Lipinski definition) is 12. The highest BCUT2D eigenvalue weighted by Gasteiger charge is 2.33. The molecule has 23 heteroatoms. The van der Waals surface area contributed by atoms with E-state index in [1.807, 2.05) is 165 Å². The zero-order valence-corrected chi connectivity index (χ0v) is 54.7. The summed E-state index contributed by atoms with van der Waals surface area (Å²) in [5.74, 6) is 0.758. The van der Waals surface area contributed by atoms with Crippen LogP contribution in [0.15, 0.2) is 239 Å². The lowest BCUT2D eigenvalue weighted by molar-refractivity contribution is 0.321. The molecule has 92 heavy (non-hydrogen) atoms. The van der Waals surface area contributed by atoms with E-state index in [2.05, 4.69) is 91.2 Å². The first-order valence-electron chi connectivity index (χ1n) is 29.0. The number of nitrogens with zero attached hydrogens (tertiary/aromatic N) is 7. The maximum Gasteiger partial charge on any atom is 0.209 e. The van der Waals surface area contributed by atoms with Gasteiger partial charge in [-0.3, -0.25) is 27.0 Å². The molecule has 0 saturated heterocycles. The van der Waals surface area contributed by atoms with E-state index in [-0.39, 0.29) is 46.7 Å². The number of nitrogens with one attached hydrogen (secondary N) is 6. The van der Waals surface area contributed by atoms with Gasteiger partial charge in [0.1, 0.15) is 0 Å². The van der Waals surface area contributed by atoms with Crippen molar-refractivity contribution in [3.05, 3.63) is 283 Å². The summed E-state index contributed by atoms with van der Waals surface area (Å²) in [6.07, 6.45) is 1.77. The van der Waals surface area contributed by atoms with Crippen LogP contribution in [0, 0.1) is 27.0 Å². The largest absolute Gasteiger partial charge is 0.482 e. The normalized spacial score (nSPS) is 16.6. The van der Waals surface area contributed by atoms with Gasteiger partial charge in [-0.25, -0.2) is 15.0 Å². The van der Waals surface area contributed by atoms with Crippen molar-refractivity contribution in [2.75, 3.05) is 39.0 Å². The van der Waals surface area contributed by atoms with Crippen LogP contribution in [-0.2, 0) is 4.74 Å². The summed E-state index contributed by atoms with van der Waals surface area (Å²) >= 11 is 25.0. The Balaban J connectivity index is 0.000000165. The summed E-state index contributed by atoms with van der Waals surface area (Å²) in [7, 11) is 0. The Morgan fingerprint density at radius 2 is 0.685 bits per heavy atom. The maximum atomic E-state index is 7.61. The topological polar surface area (TPSA) is 304 Å². The van der Waals surface area contributed by atoms with Crippen LogP contribution < -0.4 is 28.4 Å². The van der Waals surface area contributed by atoms with Gasteiger partial charge in [0.15, 0.2) is 11.1 Å². The van der Waals surface area contributed by atoms with Gasteiger partial charge in [-0.15, -0.1) is 0 Å². The number of hydrogen-bond donors (Lipinski definition) is 10. The number of amidine groups is 1. The molecule has 0 spiro atoms. The molecule has 0 radical (unpaired) electrons.